The van der Waals surface area contributed by atoms with Gasteiger partial charge in [0.2, 0.25) is 0 Å². The van der Waals surface area contributed by atoms with Gasteiger partial charge in [0, 0.05) is 11.3 Å². The summed E-state index contributed by atoms with van der Waals surface area (Å²) in [6.07, 6.45) is 7.11. The predicted octanol–water partition coefficient (Wildman–Crippen LogP) is 0.902. The lowest BCUT2D eigenvalue weighted by molar-refractivity contribution is -0.892. The molecule has 1 aliphatic heterocycles. The number of carbonyl (C=O) groups is 2. The minimum atomic E-state index is -0.517. The second-order valence-corrected chi connectivity index (χ2v) is 7.00. The van der Waals surface area contributed by atoms with Crippen molar-refractivity contribution in [2.45, 2.75) is 39.2 Å². The number of hydrogen-bond acceptors (Lipinski definition) is 3. The van der Waals surface area contributed by atoms with Crippen molar-refractivity contribution in [3.05, 3.63) is 29.8 Å². The molecule has 5 heteroatoms. The minimum absolute atomic E-state index is 0.0286. The number of benzene rings is 1. The van der Waals surface area contributed by atoms with Crippen LogP contribution in [0.25, 0.3) is 0 Å². The van der Waals surface area contributed by atoms with E-state index in [1.807, 2.05) is 38.1 Å². The van der Waals surface area contributed by atoms with E-state index < -0.39 is 5.54 Å². The number of quaternary nitrogens is 1. The Balaban J connectivity index is 1.85. The van der Waals surface area contributed by atoms with Crippen LogP contribution in [-0.2, 0) is 4.79 Å². The Morgan fingerprint density at radius 2 is 1.77 bits per heavy atom. The molecule has 0 atom stereocenters. The van der Waals surface area contributed by atoms with E-state index in [1.54, 1.807) is 6.92 Å². The number of terminal acetylenes is 1. The molecule has 2 N–H and O–H groups in total. The van der Waals surface area contributed by atoms with E-state index in [1.165, 1.54) is 4.90 Å². The summed E-state index contributed by atoms with van der Waals surface area (Å²) in [6.45, 7) is 9.65. The Labute approximate surface area is 156 Å². The van der Waals surface area contributed by atoms with Gasteiger partial charge in [-0.2, -0.15) is 0 Å². The van der Waals surface area contributed by atoms with Gasteiger partial charge in [-0.15, -0.1) is 6.42 Å². The molecule has 26 heavy (non-hydrogen) atoms. The van der Waals surface area contributed by atoms with Crippen molar-refractivity contribution in [1.29, 1.82) is 0 Å². The third-order valence-electron chi connectivity index (χ3n) is 5.38. The molecule has 0 aromatic heterocycles. The summed E-state index contributed by atoms with van der Waals surface area (Å²) in [5.41, 5.74) is 1.34. The summed E-state index contributed by atoms with van der Waals surface area (Å²) in [5, 5.41) is 3.05. The minimum Gasteiger partial charge on any atom is -0.360 e. The standard InChI is InChI=1S/C21H29N3O2/c1-5-21(6-2,7-3)22-20(26)16-23-12-14-24(15-13-23)19-10-8-18(9-11-19)17(4)25/h1,8-11H,6-7,12-16H2,2-4H3,(H,22,26)/p+1. The van der Waals surface area contributed by atoms with Crippen molar-refractivity contribution < 1.29 is 14.5 Å². The van der Waals surface area contributed by atoms with Crippen molar-refractivity contribution in [3.63, 3.8) is 0 Å². The summed E-state index contributed by atoms with van der Waals surface area (Å²) >= 11 is 0. The topological polar surface area (TPSA) is 53.9 Å². The van der Waals surface area contributed by atoms with Crippen molar-refractivity contribution in [1.82, 2.24) is 5.32 Å². The van der Waals surface area contributed by atoms with Gasteiger partial charge in [0.15, 0.2) is 12.3 Å². The van der Waals surface area contributed by atoms with Crippen LogP contribution >= 0.6 is 0 Å². The first kappa shape index (κ1) is 20.0. The first-order chi connectivity index (χ1) is 12.4. The van der Waals surface area contributed by atoms with Gasteiger partial charge in [-0.05, 0) is 44.0 Å². The van der Waals surface area contributed by atoms with E-state index in [2.05, 4.69) is 16.1 Å². The van der Waals surface area contributed by atoms with Crippen molar-refractivity contribution in [2.75, 3.05) is 37.6 Å². The molecule has 1 aliphatic rings. The van der Waals surface area contributed by atoms with Crippen LogP contribution in [0.1, 0.15) is 44.0 Å². The Morgan fingerprint density at radius 1 is 1.19 bits per heavy atom. The number of piperazine rings is 1. The zero-order valence-corrected chi connectivity index (χ0v) is 16.1. The Hall–Kier alpha value is -2.32. The highest BCUT2D eigenvalue weighted by molar-refractivity contribution is 5.94. The second-order valence-electron chi connectivity index (χ2n) is 7.00. The lowest BCUT2D eigenvalue weighted by Gasteiger charge is -2.34. The molecule has 1 heterocycles. The molecular weight excluding hydrogens is 326 g/mol. The van der Waals surface area contributed by atoms with Gasteiger partial charge in [0.25, 0.3) is 5.91 Å². The zero-order valence-electron chi connectivity index (χ0n) is 16.1. The van der Waals surface area contributed by atoms with Crippen molar-refractivity contribution >= 4 is 17.4 Å². The molecule has 2 rings (SSSR count). The molecule has 0 radical (unpaired) electrons. The maximum Gasteiger partial charge on any atom is 0.276 e. The smallest absolute Gasteiger partial charge is 0.276 e. The van der Waals surface area contributed by atoms with Crippen LogP contribution in [0.3, 0.4) is 0 Å². The lowest BCUT2D eigenvalue weighted by Crippen LogP contribution is -3.16. The number of amides is 1. The van der Waals surface area contributed by atoms with Gasteiger partial charge in [0.1, 0.15) is 5.54 Å². The number of carbonyl (C=O) groups excluding carboxylic acids is 2. The van der Waals surface area contributed by atoms with Crippen molar-refractivity contribution in [3.8, 4) is 12.3 Å². The Morgan fingerprint density at radius 3 is 2.23 bits per heavy atom. The molecule has 1 amide bonds. The summed E-state index contributed by atoms with van der Waals surface area (Å²) in [7, 11) is 0. The summed E-state index contributed by atoms with van der Waals surface area (Å²) in [6, 6.07) is 7.74. The molecule has 1 fully saturated rings. The van der Waals surface area contributed by atoms with E-state index in [-0.39, 0.29) is 11.7 Å². The highest BCUT2D eigenvalue weighted by atomic mass is 16.2. The van der Waals surface area contributed by atoms with Crippen LogP contribution in [0.15, 0.2) is 24.3 Å². The first-order valence-electron chi connectivity index (χ1n) is 9.41. The largest absolute Gasteiger partial charge is 0.360 e. The number of anilines is 1. The average molecular weight is 356 g/mol. The van der Waals surface area contributed by atoms with Crippen LogP contribution in [0.2, 0.25) is 0 Å². The molecule has 140 valence electrons. The number of nitrogens with zero attached hydrogens (tertiary/aromatic N) is 1. The van der Waals surface area contributed by atoms with E-state index in [4.69, 9.17) is 6.42 Å². The van der Waals surface area contributed by atoms with Crippen LogP contribution in [0.5, 0.6) is 0 Å². The fraction of sp³-hybridized carbons (Fsp3) is 0.524. The fourth-order valence-electron chi connectivity index (χ4n) is 3.37. The molecule has 5 nitrogen and oxygen atoms in total. The average Bonchev–Trinajstić information content (AvgIpc) is 2.67. The highest BCUT2D eigenvalue weighted by Gasteiger charge is 2.28. The van der Waals surface area contributed by atoms with Crippen LogP contribution < -0.4 is 15.1 Å². The molecule has 0 saturated carbocycles. The summed E-state index contributed by atoms with van der Waals surface area (Å²) < 4.78 is 0. The van der Waals surface area contributed by atoms with Crippen molar-refractivity contribution in [2.24, 2.45) is 0 Å². The Kier molecular flexibility index (Phi) is 6.82. The second kappa shape index (κ2) is 8.86. The van der Waals surface area contributed by atoms with E-state index in [9.17, 15) is 9.59 Å². The zero-order chi connectivity index (χ0) is 19.2. The maximum atomic E-state index is 12.4. The third-order valence-corrected chi connectivity index (χ3v) is 5.38. The van der Waals surface area contributed by atoms with Crippen LogP contribution in [0, 0.1) is 12.3 Å². The molecule has 0 bridgehead atoms. The maximum absolute atomic E-state index is 12.4. The van der Waals surface area contributed by atoms with Crippen LogP contribution in [0.4, 0.5) is 5.69 Å². The molecule has 1 saturated heterocycles. The quantitative estimate of drug-likeness (QED) is 0.564. The first-order valence-corrected chi connectivity index (χ1v) is 9.41. The monoisotopic (exact) mass is 356 g/mol. The number of nitrogens with one attached hydrogen (secondary N) is 2. The van der Waals surface area contributed by atoms with E-state index >= 15 is 0 Å². The van der Waals surface area contributed by atoms with Gasteiger partial charge in [-0.3, -0.25) is 9.59 Å². The molecule has 0 unspecified atom stereocenters. The fourth-order valence-corrected chi connectivity index (χ4v) is 3.37. The highest BCUT2D eigenvalue weighted by Crippen LogP contribution is 2.16. The number of rotatable bonds is 7. The summed E-state index contributed by atoms with van der Waals surface area (Å²) in [4.78, 5) is 27.3. The number of hydrogen-bond donors (Lipinski definition) is 2. The van der Waals surface area contributed by atoms with Gasteiger partial charge in [-0.1, -0.05) is 19.8 Å². The number of ketones is 1. The van der Waals surface area contributed by atoms with Gasteiger partial charge < -0.3 is 15.1 Å². The SMILES string of the molecule is C#CC(CC)(CC)NC(=O)C[NH+]1CCN(c2ccc(C(C)=O)cc2)CC1. The van der Waals surface area contributed by atoms with Gasteiger partial charge in [-0.25, -0.2) is 0 Å². The van der Waals surface area contributed by atoms with Crippen LogP contribution in [-0.4, -0.2) is 50.0 Å². The Bertz CT molecular complexity index is 663. The van der Waals surface area contributed by atoms with E-state index in [0.29, 0.717) is 6.54 Å². The summed E-state index contributed by atoms with van der Waals surface area (Å²) in [5.74, 6) is 2.86. The molecular formula is C21H30N3O2+. The lowest BCUT2D eigenvalue weighted by atomic mass is 9.94. The third kappa shape index (κ3) is 4.86. The van der Waals surface area contributed by atoms with E-state index in [0.717, 1.165) is 50.3 Å². The number of Topliss-reactive ketones (excluding diaryl/α,β-unsaturated/α-hetero) is 1. The van der Waals surface area contributed by atoms with Gasteiger partial charge >= 0.3 is 0 Å². The normalized spacial score (nSPS) is 15.4. The molecule has 1 aromatic rings. The molecule has 1 aromatic carbocycles. The predicted molar refractivity (Wildman–Crippen MR) is 105 cm³/mol. The molecule has 0 spiro atoms. The molecule has 0 aliphatic carbocycles. The van der Waals surface area contributed by atoms with Gasteiger partial charge in [0.05, 0.1) is 26.2 Å².